The van der Waals surface area contributed by atoms with Crippen molar-refractivity contribution in [3.05, 3.63) is 22.7 Å². The van der Waals surface area contributed by atoms with Gasteiger partial charge in [0.05, 0.1) is 16.3 Å². The van der Waals surface area contributed by atoms with Crippen LogP contribution in [0.4, 0.5) is 0 Å². The monoisotopic (exact) mass is 230 g/mol. The van der Waals surface area contributed by atoms with Crippen LogP contribution in [0.25, 0.3) is 0 Å². The molecule has 3 nitrogen and oxygen atoms in total. The molecule has 66 valence electrons. The molecule has 0 saturated heterocycles. The van der Waals surface area contributed by atoms with Crippen molar-refractivity contribution in [1.82, 2.24) is 9.97 Å². The van der Waals surface area contributed by atoms with E-state index in [1.807, 2.05) is 6.92 Å². The maximum atomic E-state index is 9.32. The second-order valence-corrected chi connectivity index (χ2v) is 3.64. The molecule has 0 aliphatic carbocycles. The van der Waals surface area contributed by atoms with Gasteiger partial charge in [0.15, 0.2) is 0 Å². The van der Waals surface area contributed by atoms with E-state index in [2.05, 4.69) is 25.9 Å². The van der Waals surface area contributed by atoms with E-state index in [1.54, 1.807) is 13.1 Å². The van der Waals surface area contributed by atoms with Crippen molar-refractivity contribution in [3.8, 4) is 0 Å². The van der Waals surface area contributed by atoms with Gasteiger partial charge in [0.25, 0.3) is 0 Å². The molecule has 0 aliphatic heterocycles. The van der Waals surface area contributed by atoms with Gasteiger partial charge in [-0.25, -0.2) is 9.97 Å². The molecule has 0 radical (unpaired) electrons. The van der Waals surface area contributed by atoms with Gasteiger partial charge < -0.3 is 5.11 Å². The third-order valence-corrected chi connectivity index (χ3v) is 2.46. The topological polar surface area (TPSA) is 46.0 Å². The Morgan fingerprint density at radius 1 is 1.50 bits per heavy atom. The first-order chi connectivity index (χ1) is 5.63. The zero-order valence-corrected chi connectivity index (χ0v) is 8.62. The molecule has 12 heavy (non-hydrogen) atoms. The Hall–Kier alpha value is -0.480. The van der Waals surface area contributed by atoms with E-state index < -0.39 is 6.10 Å². The number of rotatable bonds is 2. The molecule has 1 rings (SSSR count). The van der Waals surface area contributed by atoms with Crippen molar-refractivity contribution in [2.75, 3.05) is 0 Å². The van der Waals surface area contributed by atoms with Crippen LogP contribution >= 0.6 is 15.9 Å². The first-order valence-corrected chi connectivity index (χ1v) is 4.55. The summed E-state index contributed by atoms with van der Waals surface area (Å²) in [7, 11) is 0. The van der Waals surface area contributed by atoms with Crippen LogP contribution in [0.3, 0.4) is 0 Å². The Kier molecular flexibility index (Phi) is 3.17. The predicted molar refractivity (Wildman–Crippen MR) is 49.8 cm³/mol. The Morgan fingerprint density at radius 2 is 2.17 bits per heavy atom. The van der Waals surface area contributed by atoms with Gasteiger partial charge in [0.2, 0.25) is 0 Å². The molecule has 0 saturated carbocycles. The molecule has 4 heteroatoms. The van der Waals surface area contributed by atoms with Gasteiger partial charge in [-0.05, 0) is 22.9 Å². The van der Waals surface area contributed by atoms with E-state index in [1.165, 1.54) is 6.33 Å². The standard InChI is InChI=1S/C8H11BrN2O/c1-5(6(2)12)8-7(9)3-10-4-11-8/h3-6,12H,1-2H3. The van der Waals surface area contributed by atoms with Crippen molar-refractivity contribution in [2.24, 2.45) is 0 Å². The first kappa shape index (κ1) is 9.61. The largest absolute Gasteiger partial charge is 0.393 e. The van der Waals surface area contributed by atoms with Gasteiger partial charge in [-0.1, -0.05) is 6.92 Å². The minimum absolute atomic E-state index is 0.0300. The smallest absolute Gasteiger partial charge is 0.115 e. The normalized spacial score (nSPS) is 15.7. The molecule has 0 aliphatic rings. The van der Waals surface area contributed by atoms with E-state index in [0.29, 0.717) is 0 Å². The first-order valence-electron chi connectivity index (χ1n) is 3.76. The molecule has 1 heterocycles. The van der Waals surface area contributed by atoms with Crippen molar-refractivity contribution in [1.29, 1.82) is 0 Å². The summed E-state index contributed by atoms with van der Waals surface area (Å²) in [6, 6.07) is 0. The highest BCUT2D eigenvalue weighted by Gasteiger charge is 2.15. The number of aromatic nitrogens is 2. The van der Waals surface area contributed by atoms with Crippen LogP contribution < -0.4 is 0 Å². The van der Waals surface area contributed by atoms with Crippen molar-refractivity contribution < 1.29 is 5.11 Å². The van der Waals surface area contributed by atoms with Gasteiger partial charge in [0, 0.05) is 12.1 Å². The van der Waals surface area contributed by atoms with Crippen LogP contribution in [0.15, 0.2) is 17.0 Å². The average molecular weight is 231 g/mol. The van der Waals surface area contributed by atoms with Gasteiger partial charge >= 0.3 is 0 Å². The molecule has 1 aromatic heterocycles. The van der Waals surface area contributed by atoms with Crippen LogP contribution in [0, 0.1) is 0 Å². The summed E-state index contributed by atoms with van der Waals surface area (Å²) >= 11 is 3.33. The highest BCUT2D eigenvalue weighted by atomic mass is 79.9. The van der Waals surface area contributed by atoms with Gasteiger partial charge in [-0.3, -0.25) is 0 Å². The molecular formula is C8H11BrN2O. The average Bonchev–Trinajstić information content (AvgIpc) is 2.04. The second-order valence-electron chi connectivity index (χ2n) is 2.79. The third kappa shape index (κ3) is 2.01. The van der Waals surface area contributed by atoms with E-state index in [9.17, 15) is 5.11 Å². The van der Waals surface area contributed by atoms with Crippen molar-refractivity contribution >= 4 is 15.9 Å². The summed E-state index contributed by atoms with van der Waals surface area (Å²) in [6.07, 6.45) is 2.77. The number of nitrogens with zero attached hydrogens (tertiary/aromatic N) is 2. The molecule has 1 N–H and O–H groups in total. The number of aliphatic hydroxyl groups excluding tert-OH is 1. The number of aliphatic hydroxyl groups is 1. The third-order valence-electron chi connectivity index (χ3n) is 1.85. The van der Waals surface area contributed by atoms with E-state index >= 15 is 0 Å². The molecule has 0 amide bonds. The Morgan fingerprint density at radius 3 is 2.67 bits per heavy atom. The number of hydrogen-bond donors (Lipinski definition) is 1. The summed E-state index contributed by atoms with van der Waals surface area (Å²) in [5.74, 6) is 0.0300. The summed E-state index contributed by atoms with van der Waals surface area (Å²) < 4.78 is 0.846. The lowest BCUT2D eigenvalue weighted by Gasteiger charge is -2.14. The van der Waals surface area contributed by atoms with Gasteiger partial charge in [-0.15, -0.1) is 0 Å². The fraction of sp³-hybridized carbons (Fsp3) is 0.500. The van der Waals surface area contributed by atoms with Gasteiger partial charge in [-0.2, -0.15) is 0 Å². The minimum atomic E-state index is -0.392. The van der Waals surface area contributed by atoms with Crippen molar-refractivity contribution in [2.45, 2.75) is 25.9 Å². The summed E-state index contributed by atoms with van der Waals surface area (Å²) in [4.78, 5) is 7.93. The molecular weight excluding hydrogens is 220 g/mol. The van der Waals surface area contributed by atoms with Crippen LogP contribution in [-0.4, -0.2) is 21.2 Å². The van der Waals surface area contributed by atoms with Crippen LogP contribution in [0.1, 0.15) is 25.5 Å². The molecule has 0 aromatic carbocycles. The van der Waals surface area contributed by atoms with E-state index in [4.69, 9.17) is 0 Å². The minimum Gasteiger partial charge on any atom is -0.393 e. The van der Waals surface area contributed by atoms with Crippen LogP contribution in [-0.2, 0) is 0 Å². The lowest BCUT2D eigenvalue weighted by atomic mass is 10.0. The molecule has 2 unspecified atom stereocenters. The Labute approximate surface area is 80.0 Å². The fourth-order valence-corrected chi connectivity index (χ4v) is 1.47. The quantitative estimate of drug-likeness (QED) is 0.842. The lowest BCUT2D eigenvalue weighted by Crippen LogP contribution is -2.13. The van der Waals surface area contributed by atoms with E-state index in [-0.39, 0.29) is 5.92 Å². The SMILES string of the molecule is CC(O)C(C)c1ncncc1Br. The lowest BCUT2D eigenvalue weighted by molar-refractivity contribution is 0.167. The zero-order chi connectivity index (χ0) is 9.14. The predicted octanol–water partition coefficient (Wildman–Crippen LogP) is 1.72. The van der Waals surface area contributed by atoms with Crippen molar-refractivity contribution in [3.63, 3.8) is 0 Å². The fourth-order valence-electron chi connectivity index (χ4n) is 0.886. The van der Waals surface area contributed by atoms with Crippen LogP contribution in [0.2, 0.25) is 0 Å². The summed E-state index contributed by atoms with van der Waals surface area (Å²) in [5.41, 5.74) is 0.847. The molecule has 1 aromatic rings. The molecule has 0 spiro atoms. The highest BCUT2D eigenvalue weighted by Crippen LogP contribution is 2.23. The molecule has 2 atom stereocenters. The highest BCUT2D eigenvalue weighted by molar-refractivity contribution is 9.10. The zero-order valence-electron chi connectivity index (χ0n) is 7.03. The number of halogens is 1. The summed E-state index contributed by atoms with van der Waals surface area (Å²) in [5, 5.41) is 9.32. The molecule has 0 fully saturated rings. The van der Waals surface area contributed by atoms with E-state index in [0.717, 1.165) is 10.2 Å². The Bertz CT molecular complexity index is 265. The number of hydrogen-bond acceptors (Lipinski definition) is 3. The maximum absolute atomic E-state index is 9.32. The second kappa shape index (κ2) is 3.96. The summed E-state index contributed by atoms with van der Waals surface area (Å²) in [6.45, 7) is 3.68. The van der Waals surface area contributed by atoms with Crippen LogP contribution in [0.5, 0.6) is 0 Å². The Balaban J connectivity index is 2.94. The maximum Gasteiger partial charge on any atom is 0.115 e. The molecule has 0 bridgehead atoms. The van der Waals surface area contributed by atoms with Gasteiger partial charge in [0.1, 0.15) is 6.33 Å².